The lowest BCUT2D eigenvalue weighted by atomic mass is 9.83. The summed E-state index contributed by atoms with van der Waals surface area (Å²) in [4.78, 5) is 13.2. The largest absolute Gasteiger partial charge is 0.396 e. The summed E-state index contributed by atoms with van der Waals surface area (Å²) in [6.45, 7) is 2.73. The Hall–Kier alpha value is -0.570. The maximum Gasteiger partial charge on any atom is 0.219 e. The van der Waals surface area contributed by atoms with E-state index in [0.717, 1.165) is 32.2 Å². The second-order valence-corrected chi connectivity index (χ2v) is 4.39. The molecule has 2 fully saturated rings. The zero-order valence-electron chi connectivity index (χ0n) is 8.12. The van der Waals surface area contributed by atoms with Crippen molar-refractivity contribution in [3.63, 3.8) is 0 Å². The van der Waals surface area contributed by atoms with Crippen LogP contribution in [0, 0.1) is 5.41 Å². The van der Waals surface area contributed by atoms with E-state index in [1.165, 1.54) is 0 Å². The van der Waals surface area contributed by atoms with Crippen LogP contribution in [0.1, 0.15) is 32.6 Å². The number of carbonyl (C=O) groups excluding carboxylic acids is 1. The third-order valence-corrected chi connectivity index (χ3v) is 3.81. The Morgan fingerprint density at radius 3 is 3.00 bits per heavy atom. The number of amides is 1. The lowest BCUT2D eigenvalue weighted by Gasteiger charge is -2.29. The third kappa shape index (κ3) is 1.17. The molecule has 0 radical (unpaired) electrons. The van der Waals surface area contributed by atoms with Crippen LogP contribution in [0.2, 0.25) is 0 Å². The van der Waals surface area contributed by atoms with Crippen molar-refractivity contribution in [1.82, 2.24) is 4.90 Å². The van der Waals surface area contributed by atoms with E-state index in [1.807, 2.05) is 4.90 Å². The first-order chi connectivity index (χ1) is 6.19. The van der Waals surface area contributed by atoms with E-state index in [2.05, 4.69) is 0 Å². The van der Waals surface area contributed by atoms with Gasteiger partial charge >= 0.3 is 0 Å². The first-order valence-corrected chi connectivity index (χ1v) is 5.08. The second kappa shape index (κ2) is 2.98. The van der Waals surface area contributed by atoms with E-state index >= 15 is 0 Å². The number of likely N-dealkylation sites (tertiary alicyclic amines) is 1. The highest BCUT2D eigenvalue weighted by Gasteiger charge is 2.50. The first kappa shape index (κ1) is 9.00. The molecule has 2 rings (SSSR count). The molecule has 1 N–H and O–H groups in total. The van der Waals surface area contributed by atoms with Crippen molar-refractivity contribution < 1.29 is 9.90 Å². The minimum absolute atomic E-state index is 0.0612. The minimum atomic E-state index is 0.0612. The van der Waals surface area contributed by atoms with E-state index in [1.54, 1.807) is 6.92 Å². The molecule has 3 nitrogen and oxygen atoms in total. The van der Waals surface area contributed by atoms with Gasteiger partial charge in [0, 0.05) is 24.9 Å². The molecule has 0 unspecified atom stereocenters. The van der Waals surface area contributed by atoms with Crippen LogP contribution in [0.3, 0.4) is 0 Å². The van der Waals surface area contributed by atoms with Crippen molar-refractivity contribution in [2.24, 2.45) is 5.41 Å². The summed E-state index contributed by atoms with van der Waals surface area (Å²) in [6.07, 6.45) is 4.33. The molecule has 0 aromatic carbocycles. The normalized spacial score (nSPS) is 38.0. The molecule has 0 aromatic rings. The summed E-state index contributed by atoms with van der Waals surface area (Å²) in [5.41, 5.74) is 0.0612. The van der Waals surface area contributed by atoms with Gasteiger partial charge in [0.25, 0.3) is 0 Å². The maximum absolute atomic E-state index is 11.3. The van der Waals surface area contributed by atoms with Crippen LogP contribution in [0.25, 0.3) is 0 Å². The van der Waals surface area contributed by atoms with E-state index in [0.29, 0.717) is 6.04 Å². The van der Waals surface area contributed by atoms with Crippen LogP contribution >= 0.6 is 0 Å². The average molecular weight is 183 g/mol. The van der Waals surface area contributed by atoms with Crippen molar-refractivity contribution in [3.8, 4) is 0 Å². The monoisotopic (exact) mass is 183 g/mol. The van der Waals surface area contributed by atoms with Gasteiger partial charge in [-0.05, 0) is 19.3 Å². The first-order valence-electron chi connectivity index (χ1n) is 5.08. The number of aliphatic hydroxyl groups is 1. The lowest BCUT2D eigenvalue weighted by molar-refractivity contribution is -0.130. The van der Waals surface area contributed by atoms with Gasteiger partial charge in [-0.3, -0.25) is 4.79 Å². The molecular weight excluding hydrogens is 166 g/mol. The van der Waals surface area contributed by atoms with Crippen molar-refractivity contribution in [1.29, 1.82) is 0 Å². The zero-order chi connectivity index (χ0) is 9.47. The average Bonchev–Trinajstić information content (AvgIpc) is 2.59. The summed E-state index contributed by atoms with van der Waals surface area (Å²) >= 11 is 0. The summed E-state index contributed by atoms with van der Waals surface area (Å²) in [5.74, 6) is 0.169. The summed E-state index contributed by atoms with van der Waals surface area (Å²) < 4.78 is 0. The number of rotatable bonds is 1. The molecule has 2 aliphatic rings. The van der Waals surface area contributed by atoms with Gasteiger partial charge in [-0.25, -0.2) is 0 Å². The zero-order valence-corrected chi connectivity index (χ0v) is 8.12. The summed E-state index contributed by atoms with van der Waals surface area (Å²) in [5, 5.41) is 9.39. The Morgan fingerprint density at radius 2 is 2.38 bits per heavy atom. The van der Waals surface area contributed by atoms with Crippen molar-refractivity contribution in [2.45, 2.75) is 38.6 Å². The molecule has 1 saturated heterocycles. The van der Waals surface area contributed by atoms with Crippen LogP contribution in [-0.2, 0) is 4.79 Å². The molecule has 0 aromatic heterocycles. The number of hydrogen-bond acceptors (Lipinski definition) is 2. The van der Waals surface area contributed by atoms with Crippen LogP contribution < -0.4 is 0 Å². The quantitative estimate of drug-likeness (QED) is 0.652. The van der Waals surface area contributed by atoms with Gasteiger partial charge in [0.1, 0.15) is 0 Å². The highest BCUT2D eigenvalue weighted by Crippen LogP contribution is 2.48. The molecule has 1 heterocycles. The number of fused-ring (bicyclic) bond motifs is 1. The smallest absolute Gasteiger partial charge is 0.219 e. The molecule has 1 aliphatic carbocycles. The fraction of sp³-hybridized carbons (Fsp3) is 0.900. The Bertz CT molecular complexity index is 229. The summed E-state index contributed by atoms with van der Waals surface area (Å²) in [7, 11) is 0. The number of nitrogens with zero attached hydrogens (tertiary/aromatic N) is 1. The second-order valence-electron chi connectivity index (χ2n) is 4.39. The number of aliphatic hydroxyl groups excluding tert-OH is 1. The Labute approximate surface area is 78.7 Å². The van der Waals surface area contributed by atoms with E-state index in [4.69, 9.17) is 0 Å². The molecule has 1 aliphatic heterocycles. The Balaban J connectivity index is 2.19. The van der Waals surface area contributed by atoms with Gasteiger partial charge < -0.3 is 10.0 Å². The van der Waals surface area contributed by atoms with Crippen molar-refractivity contribution in [3.05, 3.63) is 0 Å². The van der Waals surface area contributed by atoms with Crippen LogP contribution in [0.4, 0.5) is 0 Å². The van der Waals surface area contributed by atoms with Crippen molar-refractivity contribution >= 4 is 5.91 Å². The van der Waals surface area contributed by atoms with Crippen LogP contribution in [0.15, 0.2) is 0 Å². The van der Waals surface area contributed by atoms with E-state index < -0.39 is 0 Å². The van der Waals surface area contributed by atoms with Gasteiger partial charge in [0.05, 0.1) is 6.61 Å². The summed E-state index contributed by atoms with van der Waals surface area (Å²) in [6, 6.07) is 0.329. The fourth-order valence-electron chi connectivity index (χ4n) is 3.04. The van der Waals surface area contributed by atoms with Gasteiger partial charge in [0.2, 0.25) is 5.91 Å². The molecule has 0 bridgehead atoms. The minimum Gasteiger partial charge on any atom is -0.396 e. The predicted octanol–water partition coefficient (Wildman–Crippen LogP) is 0.770. The Morgan fingerprint density at radius 1 is 1.62 bits per heavy atom. The maximum atomic E-state index is 11.3. The molecule has 0 spiro atoms. The molecule has 74 valence electrons. The van der Waals surface area contributed by atoms with E-state index in [9.17, 15) is 9.90 Å². The van der Waals surface area contributed by atoms with E-state index in [-0.39, 0.29) is 17.9 Å². The number of carbonyl (C=O) groups is 1. The van der Waals surface area contributed by atoms with Crippen LogP contribution in [-0.4, -0.2) is 35.1 Å². The highest BCUT2D eigenvalue weighted by atomic mass is 16.3. The third-order valence-electron chi connectivity index (χ3n) is 3.81. The molecule has 1 saturated carbocycles. The standard InChI is InChI=1S/C10H17NO2/c1-8(13)11-6-5-10(7-12)4-2-3-9(10)11/h9,12H,2-7H2,1H3/t9-,10-/m1/s1. The molecule has 3 heteroatoms. The topological polar surface area (TPSA) is 40.5 Å². The molecular formula is C10H17NO2. The van der Waals surface area contributed by atoms with Crippen molar-refractivity contribution in [2.75, 3.05) is 13.2 Å². The van der Waals surface area contributed by atoms with Gasteiger partial charge in [-0.2, -0.15) is 0 Å². The lowest BCUT2D eigenvalue weighted by Crippen LogP contribution is -2.39. The number of hydrogen-bond donors (Lipinski definition) is 1. The fourth-order valence-corrected chi connectivity index (χ4v) is 3.04. The van der Waals surface area contributed by atoms with Gasteiger partial charge in [0.15, 0.2) is 0 Å². The SMILES string of the molecule is CC(=O)N1CC[C@@]2(CO)CCC[C@@H]12. The van der Waals surface area contributed by atoms with Crippen LogP contribution in [0.5, 0.6) is 0 Å². The molecule has 1 amide bonds. The highest BCUT2D eigenvalue weighted by molar-refractivity contribution is 5.74. The molecule has 13 heavy (non-hydrogen) atoms. The molecule has 2 atom stereocenters. The van der Waals surface area contributed by atoms with Gasteiger partial charge in [-0.15, -0.1) is 0 Å². The Kier molecular flexibility index (Phi) is 2.06. The van der Waals surface area contributed by atoms with Gasteiger partial charge in [-0.1, -0.05) is 6.42 Å². The predicted molar refractivity (Wildman–Crippen MR) is 49.2 cm³/mol.